The van der Waals surface area contributed by atoms with Gasteiger partial charge in [0.1, 0.15) is 6.33 Å². The van der Waals surface area contributed by atoms with Gasteiger partial charge >= 0.3 is 0 Å². The lowest BCUT2D eigenvalue weighted by Crippen LogP contribution is -2.22. The zero-order valence-corrected chi connectivity index (χ0v) is 11.3. The second kappa shape index (κ2) is 6.27. The number of anilines is 2. The van der Waals surface area contributed by atoms with Crippen LogP contribution in [0.15, 0.2) is 6.33 Å². The Hall–Kier alpha value is -1.52. The molecule has 1 aromatic rings. The minimum atomic E-state index is 0.675. The van der Waals surface area contributed by atoms with Gasteiger partial charge in [-0.1, -0.05) is 13.8 Å². The number of nitrogens with zero attached hydrogens (tertiary/aromatic N) is 3. The molecule has 1 N–H and O–H groups in total. The first-order chi connectivity index (χ1) is 8.10. The standard InChI is InChI=1S/C12H22N4O/c1-9(2)6-7-16(4)12-10(17-5)11(13-3)14-8-15-12/h8-9H,6-7H2,1-5H3,(H,13,14,15). The third kappa shape index (κ3) is 3.47. The molecule has 0 atom stereocenters. The predicted molar refractivity (Wildman–Crippen MR) is 70.9 cm³/mol. The van der Waals surface area contributed by atoms with E-state index in [0.29, 0.717) is 17.5 Å². The molecule has 0 bridgehead atoms. The van der Waals surface area contributed by atoms with E-state index < -0.39 is 0 Å². The van der Waals surface area contributed by atoms with Crippen molar-refractivity contribution in [2.24, 2.45) is 5.92 Å². The molecule has 1 heterocycles. The molecular formula is C12H22N4O. The average molecular weight is 238 g/mol. The molecule has 17 heavy (non-hydrogen) atoms. The summed E-state index contributed by atoms with van der Waals surface area (Å²) in [5, 5.41) is 3.00. The van der Waals surface area contributed by atoms with Crippen LogP contribution < -0.4 is 15.0 Å². The van der Waals surface area contributed by atoms with Crippen LogP contribution in [0.2, 0.25) is 0 Å². The summed E-state index contributed by atoms with van der Waals surface area (Å²) >= 11 is 0. The van der Waals surface area contributed by atoms with Crippen LogP contribution in [0.4, 0.5) is 11.6 Å². The van der Waals surface area contributed by atoms with E-state index in [2.05, 4.69) is 34.0 Å². The third-order valence-corrected chi connectivity index (χ3v) is 2.63. The summed E-state index contributed by atoms with van der Waals surface area (Å²) in [5.74, 6) is 2.91. The van der Waals surface area contributed by atoms with Crippen molar-refractivity contribution in [3.8, 4) is 5.75 Å². The highest BCUT2D eigenvalue weighted by Crippen LogP contribution is 2.30. The Labute approximate surface area is 103 Å². The quantitative estimate of drug-likeness (QED) is 0.821. The first kappa shape index (κ1) is 13.5. The minimum absolute atomic E-state index is 0.675. The average Bonchev–Trinajstić information content (AvgIpc) is 2.34. The maximum atomic E-state index is 5.37. The number of ether oxygens (including phenoxy) is 1. The molecule has 0 fully saturated rings. The van der Waals surface area contributed by atoms with Gasteiger partial charge in [-0.25, -0.2) is 9.97 Å². The fraction of sp³-hybridized carbons (Fsp3) is 0.667. The third-order valence-electron chi connectivity index (χ3n) is 2.63. The molecule has 0 unspecified atom stereocenters. The summed E-state index contributed by atoms with van der Waals surface area (Å²) in [6.07, 6.45) is 2.67. The van der Waals surface area contributed by atoms with E-state index in [9.17, 15) is 0 Å². The highest BCUT2D eigenvalue weighted by Gasteiger charge is 2.14. The Balaban J connectivity index is 2.88. The van der Waals surface area contributed by atoms with E-state index >= 15 is 0 Å². The van der Waals surface area contributed by atoms with Gasteiger partial charge in [0.2, 0.25) is 5.75 Å². The van der Waals surface area contributed by atoms with Crippen molar-refractivity contribution in [2.45, 2.75) is 20.3 Å². The van der Waals surface area contributed by atoms with Gasteiger partial charge in [-0.15, -0.1) is 0 Å². The molecule has 0 aliphatic rings. The van der Waals surface area contributed by atoms with Gasteiger partial charge in [-0.3, -0.25) is 0 Å². The predicted octanol–water partition coefficient (Wildman–Crippen LogP) is 2.01. The lowest BCUT2D eigenvalue weighted by molar-refractivity contribution is 0.412. The first-order valence-electron chi connectivity index (χ1n) is 5.88. The lowest BCUT2D eigenvalue weighted by atomic mass is 10.1. The van der Waals surface area contributed by atoms with Gasteiger partial charge in [0.25, 0.3) is 0 Å². The van der Waals surface area contributed by atoms with Crippen LogP contribution in [0, 0.1) is 5.92 Å². The molecule has 1 aromatic heterocycles. The maximum absolute atomic E-state index is 5.37. The highest BCUT2D eigenvalue weighted by molar-refractivity contribution is 5.64. The van der Waals surface area contributed by atoms with Crippen molar-refractivity contribution in [3.63, 3.8) is 0 Å². The van der Waals surface area contributed by atoms with Gasteiger partial charge < -0.3 is 15.0 Å². The molecule has 0 saturated carbocycles. The number of hydrogen-bond donors (Lipinski definition) is 1. The van der Waals surface area contributed by atoms with Crippen molar-refractivity contribution in [3.05, 3.63) is 6.33 Å². The van der Waals surface area contributed by atoms with Gasteiger partial charge in [0, 0.05) is 20.6 Å². The second-order valence-corrected chi connectivity index (χ2v) is 4.43. The number of rotatable bonds is 6. The molecule has 0 amide bonds. The zero-order valence-electron chi connectivity index (χ0n) is 11.3. The summed E-state index contributed by atoms with van der Waals surface area (Å²) in [6, 6.07) is 0. The molecule has 1 rings (SSSR count). The molecule has 0 aliphatic carbocycles. The van der Waals surface area contributed by atoms with Crippen LogP contribution in [0.3, 0.4) is 0 Å². The molecule has 0 saturated heterocycles. The van der Waals surface area contributed by atoms with Gasteiger partial charge in [-0.2, -0.15) is 0 Å². The Morgan fingerprint density at radius 3 is 2.65 bits per heavy atom. The Bertz CT molecular complexity index is 354. The van der Waals surface area contributed by atoms with Crippen LogP contribution in [0.5, 0.6) is 5.75 Å². The summed E-state index contributed by atoms with van der Waals surface area (Å²) in [4.78, 5) is 10.5. The monoisotopic (exact) mass is 238 g/mol. The molecular weight excluding hydrogens is 216 g/mol. The van der Waals surface area contributed by atoms with Crippen LogP contribution >= 0.6 is 0 Å². The van der Waals surface area contributed by atoms with E-state index in [1.54, 1.807) is 13.4 Å². The topological polar surface area (TPSA) is 50.3 Å². The van der Waals surface area contributed by atoms with Crippen LogP contribution in [0.1, 0.15) is 20.3 Å². The largest absolute Gasteiger partial charge is 0.490 e. The van der Waals surface area contributed by atoms with Crippen molar-refractivity contribution in [1.29, 1.82) is 0 Å². The molecule has 96 valence electrons. The molecule has 5 heteroatoms. The number of hydrogen-bond acceptors (Lipinski definition) is 5. The van der Waals surface area contributed by atoms with Gasteiger partial charge in [0.15, 0.2) is 11.6 Å². The molecule has 5 nitrogen and oxygen atoms in total. The van der Waals surface area contributed by atoms with Gasteiger partial charge in [0.05, 0.1) is 7.11 Å². The fourth-order valence-electron chi connectivity index (χ4n) is 1.56. The Morgan fingerprint density at radius 2 is 2.12 bits per heavy atom. The smallest absolute Gasteiger partial charge is 0.204 e. The SMILES string of the molecule is CNc1ncnc(N(C)CCC(C)C)c1OC. The Morgan fingerprint density at radius 1 is 1.41 bits per heavy atom. The van der Waals surface area contributed by atoms with Crippen molar-refractivity contribution >= 4 is 11.6 Å². The lowest BCUT2D eigenvalue weighted by Gasteiger charge is -2.22. The number of nitrogens with one attached hydrogen (secondary N) is 1. The van der Waals surface area contributed by atoms with Crippen LogP contribution in [0.25, 0.3) is 0 Å². The van der Waals surface area contributed by atoms with Crippen molar-refractivity contribution in [2.75, 3.05) is 38.0 Å². The summed E-state index contributed by atoms with van der Waals surface area (Å²) < 4.78 is 5.37. The van der Waals surface area contributed by atoms with E-state index in [-0.39, 0.29) is 0 Å². The first-order valence-corrected chi connectivity index (χ1v) is 5.88. The zero-order chi connectivity index (χ0) is 12.8. The summed E-state index contributed by atoms with van der Waals surface area (Å²) in [6.45, 7) is 5.38. The second-order valence-electron chi connectivity index (χ2n) is 4.43. The summed E-state index contributed by atoms with van der Waals surface area (Å²) in [7, 11) is 5.48. The van der Waals surface area contributed by atoms with Crippen LogP contribution in [-0.4, -0.2) is 37.7 Å². The molecule has 0 aliphatic heterocycles. The highest BCUT2D eigenvalue weighted by atomic mass is 16.5. The van der Waals surface area contributed by atoms with E-state index in [1.165, 1.54) is 0 Å². The molecule has 0 radical (unpaired) electrons. The number of aromatic nitrogens is 2. The van der Waals surface area contributed by atoms with Gasteiger partial charge in [-0.05, 0) is 12.3 Å². The maximum Gasteiger partial charge on any atom is 0.204 e. The van der Waals surface area contributed by atoms with E-state index in [0.717, 1.165) is 18.8 Å². The fourth-order valence-corrected chi connectivity index (χ4v) is 1.56. The van der Waals surface area contributed by atoms with E-state index in [4.69, 9.17) is 4.74 Å². The summed E-state index contributed by atoms with van der Waals surface area (Å²) in [5.41, 5.74) is 0. The number of methoxy groups -OCH3 is 1. The van der Waals surface area contributed by atoms with Crippen LogP contribution in [-0.2, 0) is 0 Å². The Kier molecular flexibility index (Phi) is 5.00. The normalized spacial score (nSPS) is 10.5. The minimum Gasteiger partial charge on any atom is -0.490 e. The van der Waals surface area contributed by atoms with E-state index in [1.807, 2.05) is 14.1 Å². The molecule has 0 aromatic carbocycles. The molecule has 0 spiro atoms. The van der Waals surface area contributed by atoms with Crippen molar-refractivity contribution < 1.29 is 4.74 Å². The van der Waals surface area contributed by atoms with Crippen molar-refractivity contribution in [1.82, 2.24) is 9.97 Å².